The molecule has 6 nitrogen and oxygen atoms in total. The van der Waals surface area contributed by atoms with Gasteiger partial charge < -0.3 is 14.6 Å². The molecule has 0 aliphatic heterocycles. The molecule has 0 saturated heterocycles. The third-order valence-corrected chi connectivity index (χ3v) is 2.82. The molecule has 1 amide bonds. The van der Waals surface area contributed by atoms with Crippen LogP contribution < -0.4 is 10.2 Å². The lowest BCUT2D eigenvalue weighted by Gasteiger charge is -2.11. The summed E-state index contributed by atoms with van der Waals surface area (Å²) in [5.74, 6) is 1.80. The highest BCUT2D eigenvalue weighted by Crippen LogP contribution is 2.13. The summed E-state index contributed by atoms with van der Waals surface area (Å²) in [6.45, 7) is 3.94. The Kier molecular flexibility index (Phi) is 4.02. The Hall–Kier alpha value is -2.37. The molecule has 0 bridgehead atoms. The van der Waals surface area contributed by atoms with Crippen molar-refractivity contribution in [2.24, 2.45) is 0 Å². The summed E-state index contributed by atoms with van der Waals surface area (Å²) >= 11 is 0. The van der Waals surface area contributed by atoms with Crippen LogP contribution in [0.25, 0.3) is 0 Å². The number of aryl methyl sites for hydroxylation is 2. The van der Waals surface area contributed by atoms with Gasteiger partial charge in [-0.2, -0.15) is 0 Å². The maximum atomic E-state index is 12.0. The zero-order valence-electron chi connectivity index (χ0n) is 12.1. The monoisotopic (exact) mass is 274 g/mol. The van der Waals surface area contributed by atoms with Crippen LogP contribution in [0.5, 0.6) is 0 Å². The predicted molar refractivity (Wildman–Crippen MR) is 75.7 cm³/mol. The Labute approximate surface area is 117 Å². The number of carbonyl (C=O) groups excluding carboxylic acids is 1. The quantitative estimate of drug-likeness (QED) is 0.918. The van der Waals surface area contributed by atoms with Gasteiger partial charge >= 0.3 is 0 Å². The van der Waals surface area contributed by atoms with Gasteiger partial charge in [-0.1, -0.05) is 0 Å². The van der Waals surface area contributed by atoms with E-state index in [2.05, 4.69) is 15.3 Å². The van der Waals surface area contributed by atoms with Crippen LogP contribution in [0, 0.1) is 13.8 Å². The van der Waals surface area contributed by atoms with Crippen LogP contribution in [0.4, 0.5) is 5.95 Å². The first-order chi connectivity index (χ1) is 9.47. The van der Waals surface area contributed by atoms with E-state index in [-0.39, 0.29) is 5.91 Å². The Morgan fingerprint density at radius 2 is 2.15 bits per heavy atom. The first kappa shape index (κ1) is 14.0. The predicted octanol–water partition coefficient (Wildman–Crippen LogP) is 1.68. The van der Waals surface area contributed by atoms with Crippen molar-refractivity contribution in [2.75, 3.05) is 19.0 Å². The van der Waals surface area contributed by atoms with Gasteiger partial charge in [-0.05, 0) is 26.0 Å². The molecule has 2 rings (SSSR count). The van der Waals surface area contributed by atoms with Crippen molar-refractivity contribution in [1.82, 2.24) is 15.3 Å². The minimum Gasteiger partial charge on any atom is -0.466 e. The molecule has 0 spiro atoms. The van der Waals surface area contributed by atoms with Crippen molar-refractivity contribution < 1.29 is 9.21 Å². The molecule has 1 N–H and O–H groups in total. The maximum absolute atomic E-state index is 12.0. The van der Waals surface area contributed by atoms with Crippen molar-refractivity contribution in [3.63, 3.8) is 0 Å². The van der Waals surface area contributed by atoms with Gasteiger partial charge in [0.1, 0.15) is 11.5 Å². The fourth-order valence-electron chi connectivity index (χ4n) is 1.82. The second-order valence-electron chi connectivity index (χ2n) is 4.75. The largest absolute Gasteiger partial charge is 0.466 e. The summed E-state index contributed by atoms with van der Waals surface area (Å²) in [7, 11) is 3.74. The summed E-state index contributed by atoms with van der Waals surface area (Å²) in [4.78, 5) is 22.3. The molecule has 0 atom stereocenters. The van der Waals surface area contributed by atoms with E-state index < -0.39 is 0 Å². The van der Waals surface area contributed by atoms with Crippen molar-refractivity contribution in [1.29, 1.82) is 0 Å². The molecule has 0 aliphatic rings. The Balaban J connectivity index is 2.03. The highest BCUT2D eigenvalue weighted by Gasteiger charge is 2.13. The topological polar surface area (TPSA) is 71.3 Å². The van der Waals surface area contributed by atoms with Gasteiger partial charge in [0, 0.05) is 20.3 Å². The first-order valence-corrected chi connectivity index (χ1v) is 6.32. The number of aromatic nitrogens is 2. The van der Waals surface area contributed by atoms with Gasteiger partial charge in [0.25, 0.3) is 5.91 Å². The van der Waals surface area contributed by atoms with Crippen LogP contribution in [0.1, 0.15) is 27.6 Å². The van der Waals surface area contributed by atoms with Gasteiger partial charge in [-0.3, -0.25) is 4.79 Å². The van der Waals surface area contributed by atoms with E-state index in [0.717, 1.165) is 11.5 Å². The van der Waals surface area contributed by atoms with Crippen LogP contribution in [0.3, 0.4) is 0 Å². The third-order valence-electron chi connectivity index (χ3n) is 2.82. The lowest BCUT2D eigenvalue weighted by atomic mass is 10.2. The van der Waals surface area contributed by atoms with Crippen LogP contribution in [0.2, 0.25) is 0 Å². The summed E-state index contributed by atoms with van der Waals surface area (Å²) in [5, 5.41) is 2.83. The number of rotatable bonds is 4. The van der Waals surface area contributed by atoms with Crippen LogP contribution >= 0.6 is 0 Å². The van der Waals surface area contributed by atoms with Gasteiger partial charge in [0.15, 0.2) is 0 Å². The smallest absolute Gasteiger partial charge is 0.255 e. The Morgan fingerprint density at radius 1 is 1.40 bits per heavy atom. The van der Waals surface area contributed by atoms with E-state index in [9.17, 15) is 4.79 Å². The van der Waals surface area contributed by atoms with E-state index in [0.29, 0.717) is 23.8 Å². The second-order valence-corrected chi connectivity index (χ2v) is 4.75. The number of anilines is 1. The van der Waals surface area contributed by atoms with Crippen LogP contribution in [-0.4, -0.2) is 30.0 Å². The molecule has 0 aliphatic carbocycles. The number of amides is 1. The number of nitrogens with one attached hydrogen (secondary N) is 1. The normalized spacial score (nSPS) is 10.4. The van der Waals surface area contributed by atoms with E-state index in [1.54, 1.807) is 25.3 Å². The molecule has 2 aromatic rings. The van der Waals surface area contributed by atoms with Gasteiger partial charge in [-0.15, -0.1) is 0 Å². The molecule has 6 heteroatoms. The van der Waals surface area contributed by atoms with Crippen LogP contribution in [0.15, 0.2) is 22.7 Å². The first-order valence-electron chi connectivity index (χ1n) is 6.32. The molecule has 0 aromatic carbocycles. The Bertz CT molecular complexity index is 619. The standard InChI is InChI=1S/C14H18N4O2/c1-9-7-12(10(2)20-9)13(19)16-8-11-5-6-15-14(17-11)18(3)4/h5-7H,8H2,1-4H3,(H,16,19). The molecule has 0 unspecified atom stereocenters. The maximum Gasteiger partial charge on any atom is 0.255 e. The van der Waals surface area contributed by atoms with E-state index in [4.69, 9.17) is 4.42 Å². The zero-order valence-corrected chi connectivity index (χ0v) is 12.1. The van der Waals surface area contributed by atoms with Crippen LogP contribution in [-0.2, 0) is 6.54 Å². The molecule has 106 valence electrons. The highest BCUT2D eigenvalue weighted by molar-refractivity contribution is 5.95. The number of furan rings is 1. The summed E-state index contributed by atoms with van der Waals surface area (Å²) in [6.07, 6.45) is 1.68. The van der Waals surface area contributed by atoms with Crippen molar-refractivity contribution >= 4 is 11.9 Å². The zero-order chi connectivity index (χ0) is 14.7. The number of carbonyl (C=O) groups is 1. The lowest BCUT2D eigenvalue weighted by Crippen LogP contribution is -2.24. The molecule has 2 aromatic heterocycles. The molecule has 20 heavy (non-hydrogen) atoms. The summed E-state index contributed by atoms with van der Waals surface area (Å²) in [6, 6.07) is 3.51. The molecular formula is C14H18N4O2. The third kappa shape index (κ3) is 3.14. The van der Waals surface area contributed by atoms with Gasteiger partial charge in [0.05, 0.1) is 17.8 Å². The number of hydrogen-bond donors (Lipinski definition) is 1. The Morgan fingerprint density at radius 3 is 2.75 bits per heavy atom. The minimum absolute atomic E-state index is 0.163. The average molecular weight is 274 g/mol. The second kappa shape index (κ2) is 5.73. The SMILES string of the molecule is Cc1cc(C(=O)NCc2ccnc(N(C)C)n2)c(C)o1. The molecule has 0 radical (unpaired) electrons. The van der Waals surface area contributed by atoms with E-state index >= 15 is 0 Å². The molecule has 2 heterocycles. The van der Waals surface area contributed by atoms with Crippen molar-refractivity contribution in [3.05, 3.63) is 41.1 Å². The fraction of sp³-hybridized carbons (Fsp3) is 0.357. The van der Waals surface area contributed by atoms with E-state index in [1.807, 2.05) is 25.9 Å². The number of nitrogens with zero attached hydrogens (tertiary/aromatic N) is 3. The number of hydrogen-bond acceptors (Lipinski definition) is 5. The van der Waals surface area contributed by atoms with E-state index in [1.165, 1.54) is 0 Å². The van der Waals surface area contributed by atoms with Gasteiger partial charge in [-0.25, -0.2) is 9.97 Å². The summed E-state index contributed by atoms with van der Waals surface area (Å²) < 4.78 is 5.35. The van der Waals surface area contributed by atoms with Crippen molar-refractivity contribution in [3.8, 4) is 0 Å². The minimum atomic E-state index is -0.163. The van der Waals surface area contributed by atoms with Gasteiger partial charge in [0.2, 0.25) is 5.95 Å². The molecule has 0 saturated carbocycles. The fourth-order valence-corrected chi connectivity index (χ4v) is 1.82. The molecular weight excluding hydrogens is 256 g/mol. The van der Waals surface area contributed by atoms with Crippen molar-refractivity contribution in [2.45, 2.75) is 20.4 Å². The summed E-state index contributed by atoms with van der Waals surface area (Å²) in [5.41, 5.74) is 1.32. The lowest BCUT2D eigenvalue weighted by molar-refractivity contribution is 0.0949. The average Bonchev–Trinajstić information content (AvgIpc) is 2.75. The highest BCUT2D eigenvalue weighted by atomic mass is 16.3. The molecule has 0 fully saturated rings.